The van der Waals surface area contributed by atoms with E-state index in [0.717, 1.165) is 4.31 Å². The van der Waals surface area contributed by atoms with Crippen LogP contribution in [-0.2, 0) is 21.4 Å². The number of nitrogens with zero attached hydrogens (tertiary/aromatic N) is 2. The predicted octanol–water partition coefficient (Wildman–Crippen LogP) is 3.25. The van der Waals surface area contributed by atoms with Gasteiger partial charge in [-0.3, -0.25) is 14.1 Å². The highest BCUT2D eigenvalue weighted by atomic mass is 35.5. The molecule has 0 aliphatic carbocycles. The zero-order chi connectivity index (χ0) is 20.0. The Balaban J connectivity index is 1.87. The largest absolute Gasteiger partial charge is 0.349 e. The molecule has 8 heteroatoms. The fourth-order valence-corrected chi connectivity index (χ4v) is 4.30. The summed E-state index contributed by atoms with van der Waals surface area (Å²) in [5.74, 6) is -0.468. The second-order valence-corrected chi connectivity index (χ2v) is 8.14. The number of amides is 1. The summed E-state index contributed by atoms with van der Waals surface area (Å²) >= 11 is 6.22. The molecule has 0 saturated carbocycles. The van der Waals surface area contributed by atoms with Crippen LogP contribution < -0.4 is 9.62 Å². The molecular weight excluding hydrogens is 398 g/mol. The standard InChI is InChI=1S/C20H18ClN3O3S/c21-18-11-4-5-12-19(18)24(28(26,27)17-9-2-1-3-10-17)15-20(25)23-14-16-8-6-7-13-22-16/h1-13H,14-15H2,(H,23,25). The van der Waals surface area contributed by atoms with E-state index in [0.29, 0.717) is 5.69 Å². The molecule has 0 bridgehead atoms. The minimum Gasteiger partial charge on any atom is -0.349 e. The maximum absolute atomic E-state index is 13.2. The van der Waals surface area contributed by atoms with Crippen LogP contribution >= 0.6 is 11.6 Å². The SMILES string of the molecule is O=C(CN(c1ccccc1Cl)S(=O)(=O)c1ccccc1)NCc1ccccn1. The molecule has 0 aliphatic rings. The Morgan fingerprint density at radius 3 is 2.32 bits per heavy atom. The highest BCUT2D eigenvalue weighted by Gasteiger charge is 2.28. The third-order valence-electron chi connectivity index (χ3n) is 3.93. The summed E-state index contributed by atoms with van der Waals surface area (Å²) in [4.78, 5) is 16.7. The third-order valence-corrected chi connectivity index (χ3v) is 6.03. The summed E-state index contributed by atoms with van der Waals surface area (Å²) in [6.45, 7) is -0.213. The summed E-state index contributed by atoms with van der Waals surface area (Å²) in [6.07, 6.45) is 1.62. The van der Waals surface area contributed by atoms with Crippen molar-refractivity contribution in [2.24, 2.45) is 0 Å². The quantitative estimate of drug-likeness (QED) is 0.642. The van der Waals surface area contributed by atoms with E-state index in [2.05, 4.69) is 10.3 Å². The Morgan fingerprint density at radius 2 is 1.64 bits per heavy atom. The first-order valence-electron chi connectivity index (χ1n) is 8.47. The molecule has 0 aliphatic heterocycles. The average molecular weight is 416 g/mol. The van der Waals surface area contributed by atoms with Gasteiger partial charge in [-0.05, 0) is 36.4 Å². The lowest BCUT2D eigenvalue weighted by atomic mass is 10.3. The first kappa shape index (κ1) is 19.9. The van der Waals surface area contributed by atoms with Crippen LogP contribution in [0.5, 0.6) is 0 Å². The van der Waals surface area contributed by atoms with Crippen molar-refractivity contribution in [3.05, 3.63) is 89.7 Å². The molecule has 0 atom stereocenters. The number of benzene rings is 2. The van der Waals surface area contributed by atoms with Gasteiger partial charge in [-0.15, -0.1) is 0 Å². The molecule has 0 unspecified atom stereocenters. The van der Waals surface area contributed by atoms with Crippen LogP contribution in [-0.4, -0.2) is 25.9 Å². The zero-order valence-electron chi connectivity index (χ0n) is 14.8. The normalized spacial score (nSPS) is 11.0. The highest BCUT2D eigenvalue weighted by molar-refractivity contribution is 7.92. The number of carbonyl (C=O) groups excluding carboxylic acids is 1. The van der Waals surface area contributed by atoms with Crippen molar-refractivity contribution in [2.75, 3.05) is 10.8 Å². The number of carbonyl (C=O) groups is 1. The number of hydrogen-bond donors (Lipinski definition) is 1. The van der Waals surface area contributed by atoms with Crippen molar-refractivity contribution in [1.29, 1.82) is 0 Å². The van der Waals surface area contributed by atoms with Crippen LogP contribution in [0.1, 0.15) is 5.69 Å². The van der Waals surface area contributed by atoms with Gasteiger partial charge < -0.3 is 5.32 Å². The molecule has 2 aromatic carbocycles. The Kier molecular flexibility index (Phi) is 6.28. The molecule has 1 aromatic heterocycles. The maximum atomic E-state index is 13.2. The number of para-hydroxylation sites is 1. The minimum atomic E-state index is -3.98. The van der Waals surface area contributed by atoms with Gasteiger partial charge in [-0.2, -0.15) is 0 Å². The van der Waals surface area contributed by atoms with E-state index in [-0.39, 0.29) is 22.2 Å². The maximum Gasteiger partial charge on any atom is 0.264 e. The molecule has 6 nitrogen and oxygen atoms in total. The van der Waals surface area contributed by atoms with E-state index in [1.807, 2.05) is 6.07 Å². The Morgan fingerprint density at radius 1 is 0.964 bits per heavy atom. The number of sulfonamides is 1. The molecule has 3 aromatic rings. The fourth-order valence-electron chi connectivity index (χ4n) is 2.55. The van der Waals surface area contributed by atoms with Gasteiger partial charge in [-0.1, -0.05) is 48.0 Å². The van der Waals surface area contributed by atoms with Crippen LogP contribution in [0.3, 0.4) is 0 Å². The Hall–Kier alpha value is -2.90. The fraction of sp³-hybridized carbons (Fsp3) is 0.100. The van der Waals surface area contributed by atoms with Crippen molar-refractivity contribution in [1.82, 2.24) is 10.3 Å². The van der Waals surface area contributed by atoms with Crippen LogP contribution in [0.2, 0.25) is 5.02 Å². The van der Waals surface area contributed by atoms with E-state index in [1.54, 1.807) is 60.8 Å². The summed E-state index contributed by atoms with van der Waals surface area (Å²) in [6, 6.07) is 19.8. The molecule has 28 heavy (non-hydrogen) atoms. The Bertz CT molecular complexity index is 1040. The van der Waals surface area contributed by atoms with Crippen molar-refractivity contribution < 1.29 is 13.2 Å². The summed E-state index contributed by atoms with van der Waals surface area (Å²) in [5, 5.41) is 2.93. The topological polar surface area (TPSA) is 79.4 Å². The number of rotatable bonds is 7. The average Bonchev–Trinajstić information content (AvgIpc) is 2.72. The van der Waals surface area contributed by atoms with E-state index in [1.165, 1.54) is 12.1 Å². The van der Waals surface area contributed by atoms with Crippen molar-refractivity contribution in [2.45, 2.75) is 11.4 Å². The number of pyridine rings is 1. The van der Waals surface area contributed by atoms with Crippen LogP contribution in [0.25, 0.3) is 0 Å². The molecule has 0 saturated heterocycles. The van der Waals surface area contributed by atoms with Crippen LogP contribution in [0.4, 0.5) is 5.69 Å². The lowest BCUT2D eigenvalue weighted by Gasteiger charge is -2.25. The summed E-state index contributed by atoms with van der Waals surface area (Å²) in [7, 11) is -3.98. The highest BCUT2D eigenvalue weighted by Crippen LogP contribution is 2.30. The Labute approximate surface area is 168 Å². The van der Waals surface area contributed by atoms with Crippen LogP contribution in [0.15, 0.2) is 83.9 Å². The second kappa shape index (κ2) is 8.86. The van der Waals surface area contributed by atoms with Crippen molar-refractivity contribution in [3.63, 3.8) is 0 Å². The molecule has 1 amide bonds. The smallest absolute Gasteiger partial charge is 0.264 e. The number of halogens is 1. The first-order chi connectivity index (χ1) is 13.5. The zero-order valence-corrected chi connectivity index (χ0v) is 16.4. The molecule has 0 spiro atoms. The van der Waals surface area contributed by atoms with E-state index in [4.69, 9.17) is 11.6 Å². The van der Waals surface area contributed by atoms with Gasteiger partial charge in [0, 0.05) is 6.20 Å². The monoisotopic (exact) mass is 415 g/mol. The van der Waals surface area contributed by atoms with Gasteiger partial charge >= 0.3 is 0 Å². The van der Waals surface area contributed by atoms with Gasteiger partial charge in [0.1, 0.15) is 6.54 Å². The molecule has 1 N–H and O–H groups in total. The number of nitrogens with one attached hydrogen (secondary N) is 1. The number of hydrogen-bond acceptors (Lipinski definition) is 4. The molecule has 0 fully saturated rings. The molecule has 3 rings (SSSR count). The first-order valence-corrected chi connectivity index (χ1v) is 10.3. The van der Waals surface area contributed by atoms with Gasteiger partial charge in [0.2, 0.25) is 5.91 Å². The van der Waals surface area contributed by atoms with Crippen molar-refractivity contribution >= 4 is 33.2 Å². The van der Waals surface area contributed by atoms with E-state index >= 15 is 0 Å². The summed E-state index contributed by atoms with van der Waals surface area (Å²) in [5.41, 5.74) is 0.909. The van der Waals surface area contributed by atoms with Gasteiger partial charge in [0.05, 0.1) is 27.8 Å². The molecule has 144 valence electrons. The molecule has 1 heterocycles. The molecule has 0 radical (unpaired) electrons. The third kappa shape index (κ3) is 4.68. The van der Waals surface area contributed by atoms with Crippen molar-refractivity contribution in [3.8, 4) is 0 Å². The summed E-state index contributed by atoms with van der Waals surface area (Å²) < 4.78 is 27.4. The lowest BCUT2D eigenvalue weighted by Crippen LogP contribution is -2.40. The molecular formula is C20H18ClN3O3S. The predicted molar refractivity (Wildman–Crippen MR) is 109 cm³/mol. The number of anilines is 1. The lowest BCUT2D eigenvalue weighted by molar-refractivity contribution is -0.119. The number of aromatic nitrogens is 1. The minimum absolute atomic E-state index is 0.0763. The van der Waals surface area contributed by atoms with Gasteiger partial charge in [-0.25, -0.2) is 8.42 Å². The van der Waals surface area contributed by atoms with E-state index in [9.17, 15) is 13.2 Å². The van der Waals surface area contributed by atoms with Gasteiger partial charge in [0.15, 0.2) is 0 Å². The van der Waals surface area contributed by atoms with E-state index < -0.39 is 22.5 Å². The van der Waals surface area contributed by atoms with Crippen LogP contribution in [0, 0.1) is 0 Å². The second-order valence-electron chi connectivity index (χ2n) is 5.87. The van der Waals surface area contributed by atoms with Gasteiger partial charge in [0.25, 0.3) is 10.0 Å².